The van der Waals surface area contributed by atoms with Gasteiger partial charge in [0.2, 0.25) is 0 Å². The Hall–Kier alpha value is -2.97. The molecule has 0 aliphatic heterocycles. The molecule has 0 N–H and O–H groups in total. The fraction of sp³-hybridized carbons (Fsp3) is 0.111. The molecule has 2 aromatic carbocycles. The predicted molar refractivity (Wildman–Crippen MR) is 101 cm³/mol. The van der Waals surface area contributed by atoms with Gasteiger partial charge in [0.15, 0.2) is 12.4 Å². The number of methoxy groups -OCH3 is 1. The van der Waals surface area contributed by atoms with Crippen LogP contribution in [0.5, 0.6) is 5.75 Å². The Morgan fingerprint density at radius 2 is 1.89 bits per heavy atom. The number of nitrogens with zero attached hydrogens (tertiary/aromatic N) is 1. The van der Waals surface area contributed by atoms with E-state index in [9.17, 15) is 19.7 Å². The lowest BCUT2D eigenvalue weighted by molar-refractivity contribution is -0.384. The Morgan fingerprint density at radius 1 is 1.19 bits per heavy atom. The molecule has 7 nitrogen and oxygen atoms in total. The summed E-state index contributed by atoms with van der Waals surface area (Å²) in [6.07, 6.45) is 0. The number of nitro benzene ring substituents is 1. The number of Topliss-reactive ketones (excluding diaryl/α,β-unsaturated/α-hetero) is 1. The second-order valence-corrected chi connectivity index (χ2v) is 6.84. The van der Waals surface area contributed by atoms with Crippen LogP contribution in [-0.2, 0) is 4.74 Å². The molecule has 0 amide bonds. The molecule has 0 saturated carbocycles. The van der Waals surface area contributed by atoms with E-state index >= 15 is 0 Å². The van der Waals surface area contributed by atoms with Crippen LogP contribution in [0.15, 0.2) is 42.5 Å². The zero-order valence-corrected chi connectivity index (χ0v) is 15.5. The van der Waals surface area contributed by atoms with Gasteiger partial charge in [0.05, 0.1) is 17.1 Å². The SMILES string of the molecule is COc1ccc2c(Cl)c(C(=O)OCC(=O)c3ccc([N+](=O)[O-])cc3)sc2c1. The quantitative estimate of drug-likeness (QED) is 0.259. The number of fused-ring (bicyclic) bond motifs is 1. The lowest BCUT2D eigenvalue weighted by Crippen LogP contribution is -2.13. The van der Waals surface area contributed by atoms with Crippen molar-refractivity contribution in [2.75, 3.05) is 13.7 Å². The maximum atomic E-state index is 12.3. The normalized spacial score (nSPS) is 10.6. The van der Waals surface area contributed by atoms with Crippen LogP contribution in [0.1, 0.15) is 20.0 Å². The standard InChI is InChI=1S/C18H12ClNO6S/c1-25-12-6-7-13-15(8-12)27-17(16(13)19)18(22)26-9-14(21)10-2-4-11(5-3-10)20(23)24/h2-8H,9H2,1H3. The summed E-state index contributed by atoms with van der Waals surface area (Å²) >= 11 is 7.39. The molecular weight excluding hydrogens is 394 g/mol. The summed E-state index contributed by atoms with van der Waals surface area (Å²) < 4.78 is 11.0. The van der Waals surface area contributed by atoms with Crippen LogP contribution in [0.3, 0.4) is 0 Å². The van der Waals surface area contributed by atoms with Crippen LogP contribution in [0.2, 0.25) is 5.02 Å². The second kappa shape index (κ2) is 7.73. The first kappa shape index (κ1) is 18.8. The number of benzene rings is 2. The van der Waals surface area contributed by atoms with Crippen molar-refractivity contribution >= 4 is 50.5 Å². The van der Waals surface area contributed by atoms with Crippen LogP contribution in [-0.4, -0.2) is 30.4 Å². The number of rotatable bonds is 6. The second-order valence-electron chi connectivity index (χ2n) is 5.41. The van der Waals surface area contributed by atoms with Crippen molar-refractivity contribution < 1.29 is 24.0 Å². The molecule has 0 fully saturated rings. The van der Waals surface area contributed by atoms with Gasteiger partial charge in [0, 0.05) is 27.8 Å². The summed E-state index contributed by atoms with van der Waals surface area (Å²) in [4.78, 5) is 34.7. The Bertz CT molecular complexity index is 1040. The van der Waals surface area contributed by atoms with Gasteiger partial charge >= 0.3 is 5.97 Å². The van der Waals surface area contributed by atoms with Crippen molar-refractivity contribution in [2.24, 2.45) is 0 Å². The lowest BCUT2D eigenvalue weighted by atomic mass is 10.1. The molecule has 0 spiro atoms. The van der Waals surface area contributed by atoms with E-state index in [0.29, 0.717) is 11.1 Å². The van der Waals surface area contributed by atoms with E-state index in [-0.39, 0.29) is 21.2 Å². The molecule has 0 saturated heterocycles. The first-order valence-electron chi connectivity index (χ1n) is 7.61. The van der Waals surface area contributed by atoms with Crippen LogP contribution in [0.25, 0.3) is 10.1 Å². The van der Waals surface area contributed by atoms with Crippen molar-refractivity contribution in [3.8, 4) is 5.75 Å². The number of hydrogen-bond acceptors (Lipinski definition) is 7. The first-order valence-corrected chi connectivity index (χ1v) is 8.81. The van der Waals surface area contributed by atoms with Crippen molar-refractivity contribution in [3.63, 3.8) is 0 Å². The van der Waals surface area contributed by atoms with Gasteiger partial charge in [-0.3, -0.25) is 14.9 Å². The number of non-ortho nitro benzene ring substituents is 1. The van der Waals surface area contributed by atoms with Crippen molar-refractivity contribution in [2.45, 2.75) is 0 Å². The number of carbonyl (C=O) groups is 2. The zero-order valence-electron chi connectivity index (χ0n) is 13.9. The van der Waals surface area contributed by atoms with Gasteiger partial charge in [-0.1, -0.05) is 11.6 Å². The summed E-state index contributed by atoms with van der Waals surface area (Å²) in [6.45, 7) is -0.495. The molecule has 0 atom stereocenters. The number of hydrogen-bond donors (Lipinski definition) is 0. The number of carbonyl (C=O) groups excluding carboxylic acids is 2. The molecule has 0 bridgehead atoms. The number of ether oxygens (including phenoxy) is 2. The summed E-state index contributed by atoms with van der Waals surface area (Å²) in [6, 6.07) is 10.3. The van der Waals surface area contributed by atoms with Gasteiger partial charge in [-0.25, -0.2) is 4.79 Å². The number of nitro groups is 1. The minimum Gasteiger partial charge on any atom is -0.497 e. The van der Waals surface area contributed by atoms with Gasteiger partial charge in [-0.05, 0) is 30.3 Å². The molecule has 3 rings (SSSR count). The fourth-order valence-electron chi connectivity index (χ4n) is 2.35. The molecule has 1 aromatic heterocycles. The van der Waals surface area contributed by atoms with Crippen LogP contribution in [0.4, 0.5) is 5.69 Å². The van der Waals surface area contributed by atoms with E-state index in [2.05, 4.69) is 0 Å². The van der Waals surface area contributed by atoms with Crippen LogP contribution >= 0.6 is 22.9 Å². The molecule has 1 heterocycles. The molecule has 138 valence electrons. The minimum absolute atomic E-state index is 0.129. The van der Waals surface area contributed by atoms with Gasteiger partial charge in [-0.15, -0.1) is 11.3 Å². The highest BCUT2D eigenvalue weighted by atomic mass is 35.5. The third kappa shape index (κ3) is 3.91. The monoisotopic (exact) mass is 405 g/mol. The maximum Gasteiger partial charge on any atom is 0.350 e. The van der Waals surface area contributed by atoms with E-state index in [0.717, 1.165) is 16.0 Å². The highest BCUT2D eigenvalue weighted by Gasteiger charge is 2.20. The summed E-state index contributed by atoms with van der Waals surface area (Å²) in [5.74, 6) is -0.554. The Morgan fingerprint density at radius 3 is 2.52 bits per heavy atom. The zero-order chi connectivity index (χ0) is 19.6. The smallest absolute Gasteiger partial charge is 0.350 e. The van der Waals surface area contributed by atoms with Gasteiger partial charge in [-0.2, -0.15) is 0 Å². The summed E-state index contributed by atoms with van der Waals surface area (Å²) in [5.41, 5.74) is 0.0802. The van der Waals surface area contributed by atoms with Crippen molar-refractivity contribution in [1.82, 2.24) is 0 Å². The summed E-state index contributed by atoms with van der Waals surface area (Å²) in [7, 11) is 1.54. The third-order valence-corrected chi connectivity index (χ3v) is 5.39. The van der Waals surface area contributed by atoms with Gasteiger partial charge < -0.3 is 9.47 Å². The van der Waals surface area contributed by atoms with Crippen LogP contribution < -0.4 is 4.74 Å². The van der Waals surface area contributed by atoms with E-state index in [1.165, 1.54) is 31.4 Å². The van der Waals surface area contributed by atoms with Crippen LogP contribution in [0, 0.1) is 10.1 Å². The Labute approximate surface area is 162 Å². The lowest BCUT2D eigenvalue weighted by Gasteiger charge is -2.03. The summed E-state index contributed by atoms with van der Waals surface area (Å²) in [5, 5.41) is 11.6. The highest BCUT2D eigenvalue weighted by molar-refractivity contribution is 7.21. The largest absolute Gasteiger partial charge is 0.497 e. The average molecular weight is 406 g/mol. The molecule has 0 unspecified atom stereocenters. The van der Waals surface area contributed by atoms with E-state index < -0.39 is 23.3 Å². The maximum absolute atomic E-state index is 12.3. The first-order chi connectivity index (χ1) is 12.9. The molecular formula is C18H12ClNO6S. The third-order valence-electron chi connectivity index (χ3n) is 3.76. The predicted octanol–water partition coefficient (Wildman–Crippen LogP) is 4.51. The molecule has 9 heteroatoms. The van der Waals surface area contributed by atoms with Crippen molar-refractivity contribution in [1.29, 1.82) is 0 Å². The molecule has 0 aliphatic rings. The molecule has 0 radical (unpaired) electrons. The van der Waals surface area contributed by atoms with Gasteiger partial charge in [0.1, 0.15) is 10.6 Å². The molecule has 27 heavy (non-hydrogen) atoms. The Balaban J connectivity index is 1.71. The van der Waals surface area contributed by atoms with Gasteiger partial charge in [0.25, 0.3) is 5.69 Å². The number of thiophene rings is 1. The molecule has 3 aromatic rings. The molecule has 0 aliphatic carbocycles. The fourth-order valence-corrected chi connectivity index (χ4v) is 3.78. The Kier molecular flexibility index (Phi) is 5.38. The number of ketones is 1. The highest BCUT2D eigenvalue weighted by Crippen LogP contribution is 2.37. The van der Waals surface area contributed by atoms with E-state index in [1.807, 2.05) is 0 Å². The average Bonchev–Trinajstić information content (AvgIpc) is 3.01. The van der Waals surface area contributed by atoms with E-state index in [4.69, 9.17) is 21.1 Å². The number of halogens is 1. The number of esters is 1. The minimum atomic E-state index is -0.713. The topological polar surface area (TPSA) is 95.7 Å². The van der Waals surface area contributed by atoms with Crippen molar-refractivity contribution in [3.05, 3.63) is 68.0 Å². The van der Waals surface area contributed by atoms with E-state index in [1.54, 1.807) is 18.2 Å².